The summed E-state index contributed by atoms with van der Waals surface area (Å²) in [5, 5.41) is 8.78. The molecule has 30 valence electrons. The van der Waals surface area contributed by atoms with Crippen LogP contribution in [0.2, 0.25) is 0 Å². The molecule has 0 aromatic carbocycles. The first-order valence-electron chi connectivity index (χ1n) is 1.07. The van der Waals surface area contributed by atoms with Crippen molar-refractivity contribution in [3.63, 3.8) is 0 Å². The molecule has 0 saturated heterocycles. The third-order valence-electron chi connectivity index (χ3n) is 0.117. The molecule has 0 aromatic rings. The second-order valence-electron chi connectivity index (χ2n) is 0.575. The van der Waals surface area contributed by atoms with Gasteiger partial charge in [0.2, 0.25) is 0 Å². The average molecular weight is 82.0 g/mol. The molecule has 0 rings (SSSR count). The van der Waals surface area contributed by atoms with Gasteiger partial charge in [0.1, 0.15) is 0 Å². The van der Waals surface area contributed by atoms with E-state index in [-0.39, 0.29) is 18.9 Å². The van der Waals surface area contributed by atoms with Crippen molar-refractivity contribution in [3.8, 4) is 0 Å². The van der Waals surface area contributed by atoms with Crippen LogP contribution in [-0.2, 0) is 9.68 Å². The molecule has 0 saturated carbocycles. The van der Waals surface area contributed by atoms with Gasteiger partial charge in [-0.2, -0.15) is 0 Å². The number of carbonyl (C=O) groups is 1. The predicted molar refractivity (Wildman–Crippen MR) is 11.8 cm³/mol. The molecule has 0 bridgehead atoms. The summed E-state index contributed by atoms with van der Waals surface area (Å²) in [5.41, 5.74) is 0. The standard InChI is InChI=1S/C2H4O3.Li/c1-2(3)5-4;/h4H,1H3;/q;+1/p-1. The van der Waals surface area contributed by atoms with Crippen LogP contribution in [0.4, 0.5) is 0 Å². The van der Waals surface area contributed by atoms with E-state index in [4.69, 9.17) is 5.26 Å². The molecule has 0 amide bonds. The molecule has 4 heteroatoms. The average Bonchev–Trinajstić information content (AvgIpc) is 1.38. The quantitative estimate of drug-likeness (QED) is 0.169. The molecule has 0 aliphatic heterocycles. The molecule has 0 aromatic heterocycles. The Morgan fingerprint density at radius 2 is 2.00 bits per heavy atom. The molecule has 0 aliphatic carbocycles. The number of rotatable bonds is 0. The fourth-order valence-electron chi connectivity index (χ4n) is 0. The first-order chi connectivity index (χ1) is 2.27. The van der Waals surface area contributed by atoms with Crippen molar-refractivity contribution in [1.29, 1.82) is 0 Å². The molecule has 0 fully saturated rings. The second-order valence-corrected chi connectivity index (χ2v) is 0.575. The van der Waals surface area contributed by atoms with Crippen molar-refractivity contribution in [2.45, 2.75) is 6.92 Å². The van der Waals surface area contributed by atoms with Gasteiger partial charge in [-0.15, -0.1) is 0 Å². The van der Waals surface area contributed by atoms with Gasteiger partial charge in [-0.1, -0.05) is 0 Å². The normalized spacial score (nSPS) is 5.67. The minimum absolute atomic E-state index is 0. The Labute approximate surface area is 47.4 Å². The van der Waals surface area contributed by atoms with Crippen LogP contribution in [0.25, 0.3) is 0 Å². The summed E-state index contributed by atoms with van der Waals surface area (Å²) in [6.07, 6.45) is 0. The van der Waals surface area contributed by atoms with Crippen molar-refractivity contribution in [2.75, 3.05) is 0 Å². The largest absolute Gasteiger partial charge is 1.00 e. The fourth-order valence-corrected chi connectivity index (χ4v) is 0. The van der Waals surface area contributed by atoms with Crippen LogP contribution in [-0.4, -0.2) is 5.97 Å². The van der Waals surface area contributed by atoms with E-state index in [1.54, 1.807) is 0 Å². The first-order valence-corrected chi connectivity index (χ1v) is 1.07. The Hall–Kier alpha value is 0.0274. The molecule has 0 aliphatic rings. The zero-order chi connectivity index (χ0) is 4.28. The Bertz CT molecular complexity index is 44.1. The van der Waals surface area contributed by atoms with Crippen LogP contribution in [0.15, 0.2) is 0 Å². The van der Waals surface area contributed by atoms with Gasteiger partial charge in [-0.3, -0.25) is 4.79 Å². The monoisotopic (exact) mass is 82.0 g/mol. The molecule has 0 heterocycles. The minimum atomic E-state index is -0.801. The van der Waals surface area contributed by atoms with Gasteiger partial charge >= 0.3 is 18.9 Å². The SMILES string of the molecule is CC(=O)O[O-].[Li+]. The van der Waals surface area contributed by atoms with Gasteiger partial charge in [0.05, 0.1) is 0 Å². The maximum absolute atomic E-state index is 9.28. The topological polar surface area (TPSA) is 49.4 Å². The number of carbonyl (C=O) groups excluding carboxylic acids is 1. The molecular weight excluding hydrogens is 79.0 g/mol. The van der Waals surface area contributed by atoms with E-state index in [9.17, 15) is 4.79 Å². The summed E-state index contributed by atoms with van der Waals surface area (Å²) in [5.74, 6) is -0.801. The van der Waals surface area contributed by atoms with Crippen molar-refractivity contribution in [3.05, 3.63) is 0 Å². The van der Waals surface area contributed by atoms with E-state index in [0.29, 0.717) is 0 Å². The summed E-state index contributed by atoms with van der Waals surface area (Å²) in [6, 6.07) is 0. The molecule has 0 N–H and O–H groups in total. The van der Waals surface area contributed by atoms with Gasteiger partial charge in [-0.25, -0.2) is 0 Å². The van der Waals surface area contributed by atoms with Crippen LogP contribution < -0.4 is 24.1 Å². The Kier molecular flexibility index (Phi) is 7.87. The summed E-state index contributed by atoms with van der Waals surface area (Å²) in [6.45, 7) is 1.05. The summed E-state index contributed by atoms with van der Waals surface area (Å²) >= 11 is 0. The van der Waals surface area contributed by atoms with Gasteiger partial charge in [-0.05, 0) is 0 Å². The molecule has 0 unspecified atom stereocenters. The van der Waals surface area contributed by atoms with E-state index >= 15 is 0 Å². The summed E-state index contributed by atoms with van der Waals surface area (Å²) < 4.78 is 0. The maximum atomic E-state index is 9.28. The zero-order valence-electron chi connectivity index (χ0n) is 3.72. The van der Waals surface area contributed by atoms with Crippen molar-refractivity contribution < 1.29 is 33.8 Å². The van der Waals surface area contributed by atoms with E-state index < -0.39 is 5.97 Å². The number of hydrogen-bond acceptors (Lipinski definition) is 3. The molecule has 0 atom stereocenters. The number of hydrogen-bond donors (Lipinski definition) is 0. The third-order valence-corrected chi connectivity index (χ3v) is 0.117. The van der Waals surface area contributed by atoms with Gasteiger partial charge in [0.25, 0.3) is 5.97 Å². The van der Waals surface area contributed by atoms with Crippen LogP contribution in [0.1, 0.15) is 6.92 Å². The zero-order valence-corrected chi connectivity index (χ0v) is 3.72. The maximum Gasteiger partial charge on any atom is 1.00 e. The van der Waals surface area contributed by atoms with Crippen molar-refractivity contribution >= 4 is 5.97 Å². The molecule has 3 nitrogen and oxygen atoms in total. The smallest absolute Gasteiger partial charge is 0.662 e. The van der Waals surface area contributed by atoms with Gasteiger partial charge < -0.3 is 10.1 Å². The van der Waals surface area contributed by atoms with E-state index in [2.05, 4.69) is 4.89 Å². The van der Waals surface area contributed by atoms with Crippen LogP contribution in [0.3, 0.4) is 0 Å². The second kappa shape index (κ2) is 5.03. The van der Waals surface area contributed by atoms with E-state index in [1.807, 2.05) is 0 Å². The summed E-state index contributed by atoms with van der Waals surface area (Å²) in [4.78, 5) is 12.1. The van der Waals surface area contributed by atoms with Crippen molar-refractivity contribution in [2.24, 2.45) is 0 Å². The molecule has 6 heavy (non-hydrogen) atoms. The molecular formula is C2H3LiO3. The minimum Gasteiger partial charge on any atom is -0.662 e. The van der Waals surface area contributed by atoms with Crippen LogP contribution in [0, 0.1) is 0 Å². The van der Waals surface area contributed by atoms with Crippen LogP contribution >= 0.6 is 0 Å². The van der Waals surface area contributed by atoms with Crippen molar-refractivity contribution in [1.82, 2.24) is 0 Å². The van der Waals surface area contributed by atoms with Crippen LogP contribution in [0.5, 0.6) is 0 Å². The Morgan fingerprint density at radius 3 is 2.00 bits per heavy atom. The third kappa shape index (κ3) is 8.98. The summed E-state index contributed by atoms with van der Waals surface area (Å²) in [7, 11) is 0. The van der Waals surface area contributed by atoms with Gasteiger partial charge in [0, 0.05) is 6.92 Å². The van der Waals surface area contributed by atoms with E-state index in [0.717, 1.165) is 6.92 Å². The van der Waals surface area contributed by atoms with E-state index in [1.165, 1.54) is 0 Å². The predicted octanol–water partition coefficient (Wildman–Crippen LogP) is -4.17. The molecule has 0 spiro atoms. The fraction of sp³-hybridized carbons (Fsp3) is 0.500. The Morgan fingerprint density at radius 1 is 1.83 bits per heavy atom. The van der Waals surface area contributed by atoms with Gasteiger partial charge in [0.15, 0.2) is 0 Å². The first kappa shape index (κ1) is 9.39. The molecule has 0 radical (unpaired) electrons. The Balaban J connectivity index is 0.